The van der Waals surface area contributed by atoms with Gasteiger partial charge in [-0.15, -0.1) is 0 Å². The van der Waals surface area contributed by atoms with Crippen molar-refractivity contribution in [3.05, 3.63) is 29.8 Å². The summed E-state index contributed by atoms with van der Waals surface area (Å²) in [5, 5.41) is 6.60. The molecule has 3 rings (SSSR count). The lowest BCUT2D eigenvalue weighted by molar-refractivity contribution is -0.120. The van der Waals surface area contributed by atoms with Gasteiger partial charge in [-0.2, -0.15) is 0 Å². The molecule has 1 amide bonds. The summed E-state index contributed by atoms with van der Waals surface area (Å²) in [4.78, 5) is 12.3. The standard InChI is InChI=1S/C16H22N2O/c1-10(2)11-4-3-5-12(8-11)18-16(19)14-9-13-6-7-15(14)17-13/h3-5,8,10,13-15,17H,6-7,9H2,1-2H3,(H,18,19). The number of nitrogens with one attached hydrogen (secondary N) is 2. The van der Waals surface area contributed by atoms with Crippen molar-refractivity contribution in [3.63, 3.8) is 0 Å². The van der Waals surface area contributed by atoms with Gasteiger partial charge in [-0.3, -0.25) is 4.79 Å². The summed E-state index contributed by atoms with van der Waals surface area (Å²) < 4.78 is 0. The molecule has 0 spiro atoms. The Labute approximate surface area is 114 Å². The van der Waals surface area contributed by atoms with Crippen molar-refractivity contribution >= 4 is 11.6 Å². The molecule has 2 saturated heterocycles. The zero-order valence-electron chi connectivity index (χ0n) is 11.6. The minimum Gasteiger partial charge on any atom is -0.326 e. The number of anilines is 1. The van der Waals surface area contributed by atoms with E-state index in [-0.39, 0.29) is 11.8 Å². The summed E-state index contributed by atoms with van der Waals surface area (Å²) in [5.41, 5.74) is 2.20. The van der Waals surface area contributed by atoms with Gasteiger partial charge in [-0.1, -0.05) is 26.0 Å². The van der Waals surface area contributed by atoms with Crippen molar-refractivity contribution in [1.29, 1.82) is 0 Å². The first kappa shape index (κ1) is 12.7. The lowest BCUT2D eigenvalue weighted by Crippen LogP contribution is -2.32. The Morgan fingerprint density at radius 3 is 2.84 bits per heavy atom. The van der Waals surface area contributed by atoms with Crippen molar-refractivity contribution in [1.82, 2.24) is 5.32 Å². The van der Waals surface area contributed by atoms with Crippen molar-refractivity contribution < 1.29 is 4.79 Å². The molecule has 0 radical (unpaired) electrons. The smallest absolute Gasteiger partial charge is 0.229 e. The van der Waals surface area contributed by atoms with Crippen LogP contribution in [0.15, 0.2) is 24.3 Å². The molecular formula is C16H22N2O. The molecule has 3 nitrogen and oxygen atoms in total. The SMILES string of the molecule is CC(C)c1cccc(NC(=O)C2CC3CCC2N3)c1. The van der Waals surface area contributed by atoms with Gasteiger partial charge in [0.2, 0.25) is 5.91 Å². The third-order valence-corrected chi connectivity index (χ3v) is 4.46. The van der Waals surface area contributed by atoms with Gasteiger partial charge in [-0.25, -0.2) is 0 Å². The fraction of sp³-hybridized carbons (Fsp3) is 0.562. The molecule has 19 heavy (non-hydrogen) atoms. The lowest BCUT2D eigenvalue weighted by atomic mass is 9.88. The molecule has 0 saturated carbocycles. The number of benzene rings is 1. The van der Waals surface area contributed by atoms with Crippen LogP contribution in [0, 0.1) is 5.92 Å². The van der Waals surface area contributed by atoms with E-state index in [2.05, 4.69) is 36.6 Å². The Morgan fingerprint density at radius 1 is 1.37 bits per heavy atom. The predicted molar refractivity (Wildman–Crippen MR) is 77.2 cm³/mol. The first-order chi connectivity index (χ1) is 9.13. The number of carbonyl (C=O) groups excluding carboxylic acids is 1. The van der Waals surface area contributed by atoms with Crippen molar-refractivity contribution in [3.8, 4) is 0 Å². The molecule has 2 bridgehead atoms. The van der Waals surface area contributed by atoms with E-state index >= 15 is 0 Å². The molecule has 3 heteroatoms. The van der Waals surface area contributed by atoms with Gasteiger partial charge >= 0.3 is 0 Å². The third-order valence-electron chi connectivity index (χ3n) is 4.46. The summed E-state index contributed by atoms with van der Waals surface area (Å²) in [6.45, 7) is 4.33. The summed E-state index contributed by atoms with van der Waals surface area (Å²) in [6.07, 6.45) is 3.38. The molecule has 2 fully saturated rings. The third kappa shape index (κ3) is 2.52. The first-order valence-corrected chi connectivity index (χ1v) is 7.30. The molecule has 1 aromatic carbocycles. The maximum absolute atomic E-state index is 12.3. The Kier molecular flexibility index (Phi) is 3.31. The van der Waals surface area contributed by atoms with E-state index in [4.69, 9.17) is 0 Å². The number of amides is 1. The van der Waals surface area contributed by atoms with E-state index in [0.717, 1.165) is 18.5 Å². The predicted octanol–water partition coefficient (Wildman–Crippen LogP) is 2.89. The molecule has 1 aromatic rings. The summed E-state index contributed by atoms with van der Waals surface area (Å²) in [6, 6.07) is 9.16. The minimum atomic E-state index is 0.154. The van der Waals surface area contributed by atoms with E-state index in [1.807, 2.05) is 12.1 Å². The molecule has 2 heterocycles. The van der Waals surface area contributed by atoms with Gasteiger partial charge in [-0.05, 0) is 42.9 Å². The minimum absolute atomic E-state index is 0.154. The normalized spacial score (nSPS) is 28.9. The quantitative estimate of drug-likeness (QED) is 0.875. The van der Waals surface area contributed by atoms with Gasteiger partial charge in [0.1, 0.15) is 0 Å². The van der Waals surface area contributed by atoms with Crippen LogP contribution in [0.1, 0.15) is 44.6 Å². The molecule has 102 valence electrons. The van der Waals surface area contributed by atoms with Crippen LogP contribution in [0.5, 0.6) is 0 Å². The van der Waals surface area contributed by atoms with Crippen LogP contribution in [0.3, 0.4) is 0 Å². The van der Waals surface area contributed by atoms with Gasteiger partial charge in [0.25, 0.3) is 0 Å². The first-order valence-electron chi connectivity index (χ1n) is 7.30. The van der Waals surface area contributed by atoms with Crippen LogP contribution in [0.4, 0.5) is 5.69 Å². The largest absolute Gasteiger partial charge is 0.326 e. The van der Waals surface area contributed by atoms with E-state index < -0.39 is 0 Å². The molecule has 0 aromatic heterocycles. The van der Waals surface area contributed by atoms with Gasteiger partial charge in [0, 0.05) is 17.8 Å². The second kappa shape index (κ2) is 4.97. The van der Waals surface area contributed by atoms with E-state index in [1.54, 1.807) is 0 Å². The molecule has 3 atom stereocenters. The Morgan fingerprint density at radius 2 is 2.21 bits per heavy atom. The molecule has 2 aliphatic heterocycles. The van der Waals surface area contributed by atoms with Crippen molar-refractivity contribution in [2.45, 2.75) is 51.1 Å². The highest BCUT2D eigenvalue weighted by atomic mass is 16.2. The van der Waals surface area contributed by atoms with E-state index in [9.17, 15) is 4.79 Å². The van der Waals surface area contributed by atoms with Crippen LogP contribution in [-0.2, 0) is 4.79 Å². The van der Waals surface area contributed by atoms with Crippen LogP contribution in [0.2, 0.25) is 0 Å². The van der Waals surface area contributed by atoms with Crippen LogP contribution >= 0.6 is 0 Å². The number of hydrogen-bond donors (Lipinski definition) is 2. The van der Waals surface area contributed by atoms with Crippen molar-refractivity contribution in [2.75, 3.05) is 5.32 Å². The molecule has 2 N–H and O–H groups in total. The topological polar surface area (TPSA) is 41.1 Å². The average molecular weight is 258 g/mol. The van der Waals surface area contributed by atoms with Crippen LogP contribution < -0.4 is 10.6 Å². The zero-order chi connectivity index (χ0) is 13.4. The van der Waals surface area contributed by atoms with Gasteiger partial charge < -0.3 is 10.6 Å². The van der Waals surface area contributed by atoms with Crippen LogP contribution in [-0.4, -0.2) is 18.0 Å². The monoisotopic (exact) mass is 258 g/mol. The summed E-state index contributed by atoms with van der Waals surface area (Å²) in [7, 11) is 0. The molecular weight excluding hydrogens is 236 g/mol. The Balaban J connectivity index is 1.68. The fourth-order valence-corrected chi connectivity index (χ4v) is 3.32. The second-order valence-electron chi connectivity index (χ2n) is 6.16. The van der Waals surface area contributed by atoms with Gasteiger partial charge in [0.05, 0.1) is 5.92 Å². The average Bonchev–Trinajstić information content (AvgIpc) is 3.01. The molecule has 0 aliphatic carbocycles. The second-order valence-corrected chi connectivity index (χ2v) is 6.16. The van der Waals surface area contributed by atoms with Gasteiger partial charge in [0.15, 0.2) is 0 Å². The molecule has 3 unspecified atom stereocenters. The van der Waals surface area contributed by atoms with E-state index in [1.165, 1.54) is 12.0 Å². The highest BCUT2D eigenvalue weighted by molar-refractivity contribution is 5.93. The highest BCUT2D eigenvalue weighted by Crippen LogP contribution is 2.34. The Hall–Kier alpha value is -1.35. The maximum atomic E-state index is 12.3. The van der Waals surface area contributed by atoms with Crippen molar-refractivity contribution in [2.24, 2.45) is 5.92 Å². The number of rotatable bonds is 3. The zero-order valence-corrected chi connectivity index (χ0v) is 11.6. The number of hydrogen-bond acceptors (Lipinski definition) is 2. The summed E-state index contributed by atoms with van der Waals surface area (Å²) >= 11 is 0. The molecule has 2 aliphatic rings. The maximum Gasteiger partial charge on any atom is 0.229 e. The van der Waals surface area contributed by atoms with Crippen LogP contribution in [0.25, 0.3) is 0 Å². The van der Waals surface area contributed by atoms with E-state index in [0.29, 0.717) is 18.0 Å². The number of carbonyl (C=O) groups is 1. The number of fused-ring (bicyclic) bond motifs is 2. The lowest BCUT2D eigenvalue weighted by Gasteiger charge is -2.19. The summed E-state index contributed by atoms with van der Waals surface area (Å²) in [5.74, 6) is 0.822. The Bertz CT molecular complexity index is 483. The fourth-order valence-electron chi connectivity index (χ4n) is 3.32. The highest BCUT2D eigenvalue weighted by Gasteiger charge is 2.42.